The van der Waals surface area contributed by atoms with Gasteiger partial charge in [-0.15, -0.1) is 0 Å². The molecule has 0 aliphatic rings. The van der Waals surface area contributed by atoms with Crippen molar-refractivity contribution in [1.29, 1.82) is 0 Å². The Morgan fingerprint density at radius 1 is 1.24 bits per heavy atom. The lowest BCUT2D eigenvalue weighted by atomic mass is 10.1. The zero-order chi connectivity index (χ0) is 15.4. The minimum atomic E-state index is -0.896. The monoisotopic (exact) mass is 293 g/mol. The third-order valence-corrected chi connectivity index (χ3v) is 3.19. The van der Waals surface area contributed by atoms with E-state index in [1.165, 1.54) is 6.07 Å². The van der Waals surface area contributed by atoms with Crippen LogP contribution in [0.15, 0.2) is 34.7 Å². The van der Waals surface area contributed by atoms with Crippen molar-refractivity contribution in [3.8, 4) is 0 Å². The van der Waals surface area contributed by atoms with Crippen LogP contribution < -0.4 is 5.32 Å². The Bertz CT molecular complexity index is 637. The Labute approximate surface area is 122 Å². The van der Waals surface area contributed by atoms with Crippen molar-refractivity contribution < 1.29 is 18.0 Å². The first-order chi connectivity index (χ1) is 9.95. The van der Waals surface area contributed by atoms with Gasteiger partial charge in [0, 0.05) is 6.42 Å². The van der Waals surface area contributed by atoms with E-state index >= 15 is 0 Å². The Kier molecular flexibility index (Phi) is 4.73. The predicted molar refractivity (Wildman–Crippen MR) is 74.7 cm³/mol. The molecule has 3 nitrogen and oxygen atoms in total. The molecule has 1 aromatic carbocycles. The number of aryl methyl sites for hydroxylation is 2. The van der Waals surface area contributed by atoms with Crippen molar-refractivity contribution in [3.05, 3.63) is 59.1 Å². The van der Waals surface area contributed by atoms with E-state index in [4.69, 9.17) is 4.42 Å². The first-order valence-electron chi connectivity index (χ1n) is 6.75. The molecule has 0 aliphatic carbocycles. The van der Waals surface area contributed by atoms with E-state index in [1.807, 2.05) is 26.0 Å². The van der Waals surface area contributed by atoms with E-state index < -0.39 is 11.6 Å². The standard InChI is InChI=1S/C16H17F2NO2/c1-10-3-7-15(21-10)11(2)19-16(20)8-5-12-4-6-13(17)14(18)9-12/h3-4,6-7,9,11H,5,8H2,1-2H3,(H,19,20)/t11-/m0/s1. The second-order valence-corrected chi connectivity index (χ2v) is 4.99. The molecule has 0 saturated heterocycles. The zero-order valence-electron chi connectivity index (χ0n) is 12.0. The molecule has 1 heterocycles. The van der Waals surface area contributed by atoms with Gasteiger partial charge >= 0.3 is 0 Å². The number of hydrogen-bond donors (Lipinski definition) is 1. The molecule has 2 aromatic rings. The van der Waals surface area contributed by atoms with Gasteiger partial charge in [0.05, 0.1) is 6.04 Å². The SMILES string of the molecule is Cc1ccc([C@H](C)NC(=O)CCc2ccc(F)c(F)c2)o1. The smallest absolute Gasteiger partial charge is 0.220 e. The molecule has 1 aromatic heterocycles. The normalized spacial score (nSPS) is 12.2. The molecule has 21 heavy (non-hydrogen) atoms. The summed E-state index contributed by atoms with van der Waals surface area (Å²) in [6.45, 7) is 3.66. The molecular weight excluding hydrogens is 276 g/mol. The van der Waals surface area contributed by atoms with Crippen molar-refractivity contribution in [3.63, 3.8) is 0 Å². The molecule has 0 radical (unpaired) electrons. The molecule has 1 atom stereocenters. The predicted octanol–water partition coefficient (Wildman–Crippen LogP) is 3.68. The summed E-state index contributed by atoms with van der Waals surface area (Å²) in [6, 6.07) is 7.08. The third-order valence-electron chi connectivity index (χ3n) is 3.19. The number of nitrogens with one attached hydrogen (secondary N) is 1. The molecule has 0 saturated carbocycles. The first kappa shape index (κ1) is 15.2. The molecule has 0 spiro atoms. The molecule has 112 valence electrons. The van der Waals surface area contributed by atoms with Gasteiger partial charge in [0.2, 0.25) is 5.91 Å². The van der Waals surface area contributed by atoms with Crippen LogP contribution in [0.2, 0.25) is 0 Å². The van der Waals surface area contributed by atoms with Gasteiger partial charge in [-0.05, 0) is 50.1 Å². The Morgan fingerprint density at radius 3 is 2.62 bits per heavy atom. The third kappa shape index (κ3) is 4.15. The van der Waals surface area contributed by atoms with Gasteiger partial charge in [0.1, 0.15) is 11.5 Å². The van der Waals surface area contributed by atoms with E-state index in [0.29, 0.717) is 17.7 Å². The van der Waals surface area contributed by atoms with E-state index in [1.54, 1.807) is 0 Å². The largest absolute Gasteiger partial charge is 0.464 e. The Balaban J connectivity index is 1.85. The van der Waals surface area contributed by atoms with Crippen LogP contribution >= 0.6 is 0 Å². The number of furan rings is 1. The highest BCUT2D eigenvalue weighted by Gasteiger charge is 2.13. The lowest BCUT2D eigenvalue weighted by Gasteiger charge is -2.11. The average molecular weight is 293 g/mol. The maximum atomic E-state index is 13.0. The highest BCUT2D eigenvalue weighted by molar-refractivity contribution is 5.76. The number of halogens is 2. The fourth-order valence-electron chi connectivity index (χ4n) is 2.02. The second kappa shape index (κ2) is 6.52. The fraction of sp³-hybridized carbons (Fsp3) is 0.312. The molecule has 5 heteroatoms. The van der Waals surface area contributed by atoms with Crippen LogP contribution in [-0.4, -0.2) is 5.91 Å². The van der Waals surface area contributed by atoms with E-state index in [0.717, 1.165) is 17.9 Å². The number of benzene rings is 1. The molecule has 2 rings (SSSR count). The van der Waals surface area contributed by atoms with Crippen LogP contribution in [0.3, 0.4) is 0 Å². The zero-order valence-corrected chi connectivity index (χ0v) is 12.0. The number of amides is 1. The van der Waals surface area contributed by atoms with E-state index in [-0.39, 0.29) is 18.4 Å². The Morgan fingerprint density at radius 2 is 2.00 bits per heavy atom. The average Bonchev–Trinajstić information content (AvgIpc) is 2.87. The maximum Gasteiger partial charge on any atom is 0.220 e. The first-order valence-corrected chi connectivity index (χ1v) is 6.75. The van der Waals surface area contributed by atoms with Crippen LogP contribution in [0, 0.1) is 18.6 Å². The summed E-state index contributed by atoms with van der Waals surface area (Å²) in [6.07, 6.45) is 0.558. The molecule has 0 fully saturated rings. The van der Waals surface area contributed by atoms with Crippen molar-refractivity contribution in [2.45, 2.75) is 32.7 Å². The van der Waals surface area contributed by atoms with Gasteiger partial charge in [-0.25, -0.2) is 8.78 Å². The molecule has 0 unspecified atom stereocenters. The fourth-order valence-corrected chi connectivity index (χ4v) is 2.02. The van der Waals surface area contributed by atoms with E-state index in [2.05, 4.69) is 5.32 Å². The lowest BCUT2D eigenvalue weighted by molar-refractivity contribution is -0.121. The molecule has 1 N–H and O–H groups in total. The lowest BCUT2D eigenvalue weighted by Crippen LogP contribution is -2.26. The van der Waals surface area contributed by atoms with Crippen LogP contribution in [0.4, 0.5) is 8.78 Å². The summed E-state index contributed by atoms with van der Waals surface area (Å²) in [7, 11) is 0. The van der Waals surface area contributed by atoms with E-state index in [9.17, 15) is 13.6 Å². The highest BCUT2D eigenvalue weighted by atomic mass is 19.2. The van der Waals surface area contributed by atoms with Crippen molar-refractivity contribution in [2.24, 2.45) is 0 Å². The second-order valence-electron chi connectivity index (χ2n) is 4.99. The summed E-state index contributed by atoms with van der Waals surface area (Å²) in [5.41, 5.74) is 0.588. The molecule has 0 aliphatic heterocycles. The van der Waals surface area contributed by atoms with Crippen molar-refractivity contribution in [2.75, 3.05) is 0 Å². The van der Waals surface area contributed by atoms with Gasteiger partial charge < -0.3 is 9.73 Å². The highest BCUT2D eigenvalue weighted by Crippen LogP contribution is 2.16. The summed E-state index contributed by atoms with van der Waals surface area (Å²) >= 11 is 0. The number of hydrogen-bond acceptors (Lipinski definition) is 2. The summed E-state index contributed by atoms with van der Waals surface area (Å²) in [5.74, 6) is -0.472. The van der Waals surface area contributed by atoms with Gasteiger partial charge in [0.25, 0.3) is 0 Å². The molecular formula is C16H17F2NO2. The van der Waals surface area contributed by atoms with Gasteiger partial charge in [-0.2, -0.15) is 0 Å². The number of rotatable bonds is 5. The molecule has 1 amide bonds. The van der Waals surface area contributed by atoms with Crippen molar-refractivity contribution in [1.82, 2.24) is 5.32 Å². The van der Waals surface area contributed by atoms with Crippen LogP contribution in [-0.2, 0) is 11.2 Å². The van der Waals surface area contributed by atoms with Gasteiger partial charge in [-0.3, -0.25) is 4.79 Å². The number of carbonyl (C=O) groups is 1. The van der Waals surface area contributed by atoms with Crippen LogP contribution in [0.5, 0.6) is 0 Å². The summed E-state index contributed by atoms with van der Waals surface area (Å²) in [5, 5.41) is 2.81. The van der Waals surface area contributed by atoms with Gasteiger partial charge in [0.15, 0.2) is 11.6 Å². The summed E-state index contributed by atoms with van der Waals surface area (Å²) < 4.78 is 31.3. The minimum Gasteiger partial charge on any atom is -0.464 e. The summed E-state index contributed by atoms with van der Waals surface area (Å²) in [4.78, 5) is 11.8. The van der Waals surface area contributed by atoms with Crippen molar-refractivity contribution >= 4 is 5.91 Å². The topological polar surface area (TPSA) is 42.2 Å². The molecule has 0 bridgehead atoms. The maximum absolute atomic E-state index is 13.0. The van der Waals surface area contributed by atoms with Crippen LogP contribution in [0.1, 0.15) is 36.5 Å². The minimum absolute atomic E-state index is 0.165. The quantitative estimate of drug-likeness (QED) is 0.913. The Hall–Kier alpha value is -2.17. The van der Waals surface area contributed by atoms with Crippen LogP contribution in [0.25, 0.3) is 0 Å². The number of carbonyl (C=O) groups excluding carboxylic acids is 1. The van der Waals surface area contributed by atoms with Gasteiger partial charge in [-0.1, -0.05) is 6.07 Å².